The number of hydrogen-bond acceptors (Lipinski definition) is 2. The number of carbonyl (C=O) groups excluding carboxylic acids is 1. The number of carbonyl (C=O) groups is 1. The Morgan fingerprint density at radius 3 is 2.27 bits per heavy atom. The molecule has 0 heterocycles. The Hall–Kier alpha value is -2.49. The number of rotatable bonds is 5. The molecule has 0 saturated heterocycles. The van der Waals surface area contributed by atoms with Crippen LogP contribution in [0.4, 0.5) is 10.5 Å². The highest BCUT2D eigenvalue weighted by Gasteiger charge is 2.03. The quantitative estimate of drug-likeness (QED) is 0.875. The molecule has 2 rings (SSSR count). The first-order chi connectivity index (χ1) is 10.6. The van der Waals surface area contributed by atoms with Gasteiger partial charge in [-0.2, -0.15) is 0 Å². The maximum Gasteiger partial charge on any atom is 0.319 e. The summed E-state index contributed by atoms with van der Waals surface area (Å²) in [7, 11) is 0. The van der Waals surface area contributed by atoms with Crippen molar-refractivity contribution in [3.05, 3.63) is 59.2 Å². The smallest absolute Gasteiger partial charge is 0.319 e. The first-order valence-corrected chi connectivity index (χ1v) is 7.41. The molecule has 2 N–H and O–H groups in total. The lowest BCUT2D eigenvalue weighted by Gasteiger charge is -2.10. The van der Waals surface area contributed by atoms with E-state index in [1.54, 1.807) is 0 Å². The number of benzene rings is 2. The average molecular weight is 298 g/mol. The van der Waals surface area contributed by atoms with Crippen molar-refractivity contribution in [3.8, 4) is 5.75 Å². The Kier molecular flexibility index (Phi) is 5.42. The van der Waals surface area contributed by atoms with Crippen LogP contribution in [0.25, 0.3) is 0 Å². The largest absolute Gasteiger partial charge is 0.494 e. The van der Waals surface area contributed by atoms with Crippen molar-refractivity contribution in [1.82, 2.24) is 5.32 Å². The van der Waals surface area contributed by atoms with Gasteiger partial charge in [-0.1, -0.05) is 18.2 Å². The molecule has 0 bridgehead atoms. The van der Waals surface area contributed by atoms with E-state index in [9.17, 15) is 4.79 Å². The minimum atomic E-state index is -0.209. The van der Waals surface area contributed by atoms with Gasteiger partial charge in [0.2, 0.25) is 0 Å². The van der Waals surface area contributed by atoms with Gasteiger partial charge in [-0.25, -0.2) is 4.79 Å². The molecule has 0 aliphatic heterocycles. The number of aryl methyl sites for hydroxylation is 2. The normalized spacial score (nSPS) is 10.1. The lowest BCUT2D eigenvalue weighted by molar-refractivity contribution is 0.251. The second-order valence-electron chi connectivity index (χ2n) is 5.26. The minimum absolute atomic E-state index is 0.209. The third-order valence-corrected chi connectivity index (χ3v) is 3.17. The highest BCUT2D eigenvalue weighted by molar-refractivity contribution is 5.89. The van der Waals surface area contributed by atoms with Gasteiger partial charge in [0.25, 0.3) is 0 Å². The molecule has 0 saturated carbocycles. The Morgan fingerprint density at radius 1 is 1.05 bits per heavy atom. The van der Waals surface area contributed by atoms with Gasteiger partial charge in [-0.3, -0.25) is 0 Å². The molecule has 0 aliphatic rings. The van der Waals surface area contributed by atoms with Gasteiger partial charge in [0.05, 0.1) is 6.61 Å². The zero-order valence-electron chi connectivity index (χ0n) is 13.3. The predicted molar refractivity (Wildman–Crippen MR) is 89.4 cm³/mol. The molecule has 22 heavy (non-hydrogen) atoms. The van der Waals surface area contributed by atoms with E-state index >= 15 is 0 Å². The van der Waals surface area contributed by atoms with Crippen molar-refractivity contribution in [3.63, 3.8) is 0 Å². The number of hydrogen-bond donors (Lipinski definition) is 2. The van der Waals surface area contributed by atoms with E-state index in [1.807, 2.05) is 57.2 Å². The number of urea groups is 1. The average Bonchev–Trinajstić information content (AvgIpc) is 2.46. The fraction of sp³-hybridized carbons (Fsp3) is 0.278. The Morgan fingerprint density at radius 2 is 1.68 bits per heavy atom. The Bertz CT molecular complexity index is 616. The second kappa shape index (κ2) is 7.50. The van der Waals surface area contributed by atoms with Gasteiger partial charge in [-0.15, -0.1) is 0 Å². The van der Waals surface area contributed by atoms with Crippen LogP contribution in [-0.4, -0.2) is 12.6 Å². The van der Waals surface area contributed by atoms with E-state index in [4.69, 9.17) is 4.74 Å². The molecule has 0 unspecified atom stereocenters. The molecule has 2 amide bonds. The molecule has 0 radical (unpaired) electrons. The van der Waals surface area contributed by atoms with Crippen molar-refractivity contribution < 1.29 is 9.53 Å². The third kappa shape index (κ3) is 4.81. The Balaban J connectivity index is 1.87. The summed E-state index contributed by atoms with van der Waals surface area (Å²) in [5.41, 5.74) is 4.09. The van der Waals surface area contributed by atoms with Gasteiger partial charge in [0.1, 0.15) is 5.75 Å². The summed E-state index contributed by atoms with van der Waals surface area (Å²) in [5, 5.41) is 5.70. The van der Waals surface area contributed by atoms with E-state index in [-0.39, 0.29) is 6.03 Å². The van der Waals surface area contributed by atoms with E-state index in [2.05, 4.69) is 16.7 Å². The first kappa shape index (κ1) is 15.9. The van der Waals surface area contributed by atoms with Crippen LogP contribution in [0.1, 0.15) is 23.6 Å². The lowest BCUT2D eigenvalue weighted by atomic mass is 10.1. The fourth-order valence-electron chi connectivity index (χ4n) is 2.27. The summed E-state index contributed by atoms with van der Waals surface area (Å²) < 4.78 is 5.39. The minimum Gasteiger partial charge on any atom is -0.494 e. The fourth-order valence-corrected chi connectivity index (χ4v) is 2.27. The van der Waals surface area contributed by atoms with Gasteiger partial charge < -0.3 is 15.4 Å². The van der Waals surface area contributed by atoms with Crippen LogP contribution in [0, 0.1) is 13.8 Å². The maximum absolute atomic E-state index is 11.9. The summed E-state index contributed by atoms with van der Waals surface area (Å²) in [6, 6.07) is 13.5. The maximum atomic E-state index is 11.9. The topological polar surface area (TPSA) is 50.4 Å². The van der Waals surface area contributed by atoms with Crippen molar-refractivity contribution >= 4 is 11.7 Å². The molecule has 0 atom stereocenters. The molecule has 2 aromatic carbocycles. The summed E-state index contributed by atoms with van der Waals surface area (Å²) in [6.07, 6.45) is 0. The van der Waals surface area contributed by atoms with Crippen LogP contribution in [0.2, 0.25) is 0 Å². The van der Waals surface area contributed by atoms with Crippen molar-refractivity contribution in [1.29, 1.82) is 0 Å². The Labute approximate surface area is 131 Å². The van der Waals surface area contributed by atoms with Crippen LogP contribution >= 0.6 is 0 Å². The first-order valence-electron chi connectivity index (χ1n) is 7.41. The van der Waals surface area contributed by atoms with E-state index in [0.29, 0.717) is 13.2 Å². The standard InChI is InChI=1S/C18H22N2O2/c1-4-22-17-7-5-15(6-8-17)12-19-18(21)20-16-10-13(2)9-14(3)11-16/h5-11H,4,12H2,1-3H3,(H2,19,20,21). The van der Waals surface area contributed by atoms with Crippen LogP contribution in [-0.2, 0) is 6.54 Å². The highest BCUT2D eigenvalue weighted by Crippen LogP contribution is 2.14. The molecular weight excluding hydrogens is 276 g/mol. The molecule has 4 heteroatoms. The summed E-state index contributed by atoms with van der Waals surface area (Å²) in [4.78, 5) is 11.9. The molecular formula is C18H22N2O2. The van der Waals surface area contributed by atoms with E-state index < -0.39 is 0 Å². The van der Waals surface area contributed by atoms with Gasteiger partial charge in [-0.05, 0) is 61.7 Å². The van der Waals surface area contributed by atoms with Gasteiger partial charge in [0.15, 0.2) is 0 Å². The second-order valence-corrected chi connectivity index (χ2v) is 5.26. The highest BCUT2D eigenvalue weighted by atomic mass is 16.5. The molecule has 0 aromatic heterocycles. The summed E-state index contributed by atoms with van der Waals surface area (Å²) in [5.74, 6) is 0.839. The van der Waals surface area contributed by atoms with Crippen LogP contribution in [0.5, 0.6) is 5.75 Å². The molecule has 4 nitrogen and oxygen atoms in total. The predicted octanol–water partition coefficient (Wildman–Crippen LogP) is 4.02. The zero-order valence-corrected chi connectivity index (χ0v) is 13.3. The van der Waals surface area contributed by atoms with Crippen LogP contribution in [0.3, 0.4) is 0 Å². The van der Waals surface area contributed by atoms with Gasteiger partial charge >= 0.3 is 6.03 Å². The summed E-state index contributed by atoms with van der Waals surface area (Å²) >= 11 is 0. The number of ether oxygens (including phenoxy) is 1. The molecule has 0 fully saturated rings. The number of nitrogens with one attached hydrogen (secondary N) is 2. The van der Waals surface area contributed by atoms with Gasteiger partial charge in [0, 0.05) is 12.2 Å². The van der Waals surface area contributed by atoms with Crippen LogP contribution in [0.15, 0.2) is 42.5 Å². The van der Waals surface area contributed by atoms with Crippen LogP contribution < -0.4 is 15.4 Å². The SMILES string of the molecule is CCOc1ccc(CNC(=O)Nc2cc(C)cc(C)c2)cc1. The molecule has 0 spiro atoms. The van der Waals surface area contributed by atoms with Crippen molar-refractivity contribution in [2.24, 2.45) is 0 Å². The summed E-state index contributed by atoms with van der Waals surface area (Å²) in [6.45, 7) is 7.10. The zero-order chi connectivity index (χ0) is 15.9. The van der Waals surface area contributed by atoms with E-state index in [0.717, 1.165) is 28.1 Å². The monoisotopic (exact) mass is 298 g/mol. The lowest BCUT2D eigenvalue weighted by Crippen LogP contribution is -2.28. The van der Waals surface area contributed by atoms with Crippen molar-refractivity contribution in [2.45, 2.75) is 27.3 Å². The number of amides is 2. The molecule has 116 valence electrons. The van der Waals surface area contributed by atoms with Crippen molar-refractivity contribution in [2.75, 3.05) is 11.9 Å². The molecule has 2 aromatic rings. The molecule has 0 aliphatic carbocycles. The number of anilines is 1. The third-order valence-electron chi connectivity index (χ3n) is 3.17. The van der Waals surface area contributed by atoms with E-state index in [1.165, 1.54) is 0 Å².